The molecule has 1 atom stereocenters. The third kappa shape index (κ3) is 3.17. The van der Waals surface area contributed by atoms with E-state index in [9.17, 15) is 18.3 Å². The Morgan fingerprint density at radius 2 is 2.11 bits per heavy atom. The minimum absolute atomic E-state index is 0.0168. The molecule has 2 N–H and O–H groups in total. The summed E-state index contributed by atoms with van der Waals surface area (Å²) in [7, 11) is -2.12. The van der Waals surface area contributed by atoms with Crippen LogP contribution in [0.3, 0.4) is 0 Å². The second-order valence-electron chi connectivity index (χ2n) is 7.60. The first kappa shape index (κ1) is 18.9. The molecular formula is C18H22N4O5S. The molecule has 2 aliphatic rings. The Hall–Kier alpha value is -2.43. The van der Waals surface area contributed by atoms with Gasteiger partial charge < -0.3 is 14.4 Å². The molecule has 1 aromatic heterocycles. The first-order valence-corrected chi connectivity index (χ1v) is 10.4. The monoisotopic (exact) mass is 406 g/mol. The summed E-state index contributed by atoms with van der Waals surface area (Å²) in [5.41, 5.74) is 0.863. The van der Waals surface area contributed by atoms with Crippen LogP contribution in [-0.2, 0) is 16.6 Å². The molecule has 1 unspecified atom stereocenters. The Balaban J connectivity index is 1.69. The second-order valence-corrected chi connectivity index (χ2v) is 9.28. The van der Waals surface area contributed by atoms with E-state index in [-0.39, 0.29) is 17.0 Å². The number of aryl methyl sites for hydroxylation is 1. The van der Waals surface area contributed by atoms with Crippen molar-refractivity contribution in [2.75, 3.05) is 11.9 Å². The van der Waals surface area contributed by atoms with Crippen molar-refractivity contribution in [2.24, 2.45) is 0 Å². The minimum atomic E-state index is -3.75. The van der Waals surface area contributed by atoms with Crippen LogP contribution in [0.1, 0.15) is 41.6 Å². The summed E-state index contributed by atoms with van der Waals surface area (Å²) in [6, 6.07) is 4.34. The van der Waals surface area contributed by atoms with Gasteiger partial charge in [0, 0.05) is 12.6 Å². The molecule has 2 heterocycles. The lowest BCUT2D eigenvalue weighted by molar-refractivity contribution is -0.00232. The van der Waals surface area contributed by atoms with Crippen molar-refractivity contribution in [2.45, 2.75) is 50.0 Å². The molecule has 28 heavy (non-hydrogen) atoms. The highest BCUT2D eigenvalue weighted by atomic mass is 32.2. The Kier molecular flexibility index (Phi) is 4.25. The normalized spacial score (nSPS) is 21.0. The van der Waals surface area contributed by atoms with Gasteiger partial charge in [-0.25, -0.2) is 18.1 Å². The Morgan fingerprint density at radius 3 is 2.71 bits per heavy atom. The van der Waals surface area contributed by atoms with E-state index >= 15 is 0 Å². The number of nitrogens with one attached hydrogen (secondary N) is 1. The van der Waals surface area contributed by atoms with E-state index in [0.29, 0.717) is 17.1 Å². The largest absolute Gasteiger partial charge is 0.446 e. The van der Waals surface area contributed by atoms with Crippen molar-refractivity contribution in [3.63, 3.8) is 0 Å². The maximum Gasteiger partial charge on any atom is 0.259 e. The van der Waals surface area contributed by atoms with Crippen molar-refractivity contribution in [3.8, 4) is 0 Å². The van der Waals surface area contributed by atoms with E-state index in [1.54, 1.807) is 14.0 Å². The number of oxazole rings is 1. The fourth-order valence-corrected chi connectivity index (χ4v) is 4.70. The number of aliphatic hydroxyl groups is 1. The highest BCUT2D eigenvalue weighted by Gasteiger charge is 2.42. The van der Waals surface area contributed by atoms with E-state index in [0.717, 1.165) is 12.8 Å². The van der Waals surface area contributed by atoms with E-state index < -0.39 is 27.8 Å². The predicted molar refractivity (Wildman–Crippen MR) is 99.9 cm³/mol. The number of rotatable bonds is 5. The molecule has 1 fully saturated rings. The van der Waals surface area contributed by atoms with Gasteiger partial charge in [0.1, 0.15) is 5.76 Å². The quantitative estimate of drug-likeness (QED) is 0.766. The van der Waals surface area contributed by atoms with Gasteiger partial charge in [-0.05, 0) is 44.9 Å². The van der Waals surface area contributed by atoms with E-state index in [1.165, 1.54) is 34.4 Å². The van der Waals surface area contributed by atoms with Crippen LogP contribution in [0, 0.1) is 6.92 Å². The van der Waals surface area contributed by atoms with Crippen molar-refractivity contribution in [3.05, 3.63) is 41.6 Å². The number of carbonyl (C=O) groups excluding carboxylic acids is 1. The molecule has 0 spiro atoms. The number of hydrogen-bond acceptors (Lipinski definition) is 7. The van der Waals surface area contributed by atoms with E-state index in [4.69, 9.17) is 4.42 Å². The lowest BCUT2D eigenvalue weighted by Crippen LogP contribution is -2.53. The molecule has 10 heteroatoms. The van der Waals surface area contributed by atoms with Crippen molar-refractivity contribution >= 4 is 21.6 Å². The van der Waals surface area contributed by atoms with Gasteiger partial charge in [-0.2, -0.15) is 0 Å². The molecule has 1 aromatic carbocycles. The molecule has 0 radical (unpaired) electrons. The zero-order valence-electron chi connectivity index (χ0n) is 15.8. The molecule has 0 bridgehead atoms. The molecule has 9 nitrogen and oxygen atoms in total. The third-order valence-corrected chi connectivity index (χ3v) is 6.95. The summed E-state index contributed by atoms with van der Waals surface area (Å²) in [6.45, 7) is 3.61. The number of hydrogen-bond donors (Lipinski definition) is 2. The van der Waals surface area contributed by atoms with Gasteiger partial charge in [0.25, 0.3) is 5.91 Å². The van der Waals surface area contributed by atoms with Crippen molar-refractivity contribution < 1.29 is 22.7 Å². The van der Waals surface area contributed by atoms with Crippen LogP contribution >= 0.6 is 0 Å². The average molecular weight is 406 g/mol. The van der Waals surface area contributed by atoms with Gasteiger partial charge in [-0.3, -0.25) is 9.69 Å². The van der Waals surface area contributed by atoms with Crippen molar-refractivity contribution in [1.29, 1.82) is 0 Å². The van der Waals surface area contributed by atoms with Crippen LogP contribution < -0.4 is 9.62 Å². The standard InChI is InChI=1S/C18H22N4O5S/c1-11-15(27-10-19-11)9-22-16(23)13-8-12(4-5-14(13)21(3)17(22)24)28(25,26)20-18(2)6-7-18/h4-5,8,10,17,20,24H,6-7,9H2,1-3H3. The number of sulfonamides is 1. The van der Waals surface area contributed by atoms with Crippen LogP contribution in [0.2, 0.25) is 0 Å². The van der Waals surface area contributed by atoms with Gasteiger partial charge in [0.05, 0.1) is 28.4 Å². The molecule has 1 aliphatic heterocycles. The zero-order valence-corrected chi connectivity index (χ0v) is 16.7. The van der Waals surface area contributed by atoms with Gasteiger partial charge in [0.15, 0.2) is 6.39 Å². The van der Waals surface area contributed by atoms with Gasteiger partial charge in [0.2, 0.25) is 16.4 Å². The van der Waals surface area contributed by atoms with Crippen LogP contribution in [0.4, 0.5) is 5.69 Å². The number of anilines is 1. The second kappa shape index (κ2) is 6.29. The van der Waals surface area contributed by atoms with Crippen LogP contribution in [0.15, 0.2) is 33.9 Å². The highest BCUT2D eigenvalue weighted by Crippen LogP contribution is 2.37. The molecule has 1 aliphatic carbocycles. The minimum Gasteiger partial charge on any atom is -0.446 e. The summed E-state index contributed by atoms with van der Waals surface area (Å²) < 4.78 is 33.3. The lowest BCUT2D eigenvalue weighted by atomic mass is 10.1. The maximum atomic E-state index is 13.0. The summed E-state index contributed by atoms with van der Waals surface area (Å²) in [5, 5.41) is 10.6. The Labute approximate surface area is 163 Å². The van der Waals surface area contributed by atoms with Gasteiger partial charge in [-0.15, -0.1) is 0 Å². The fraction of sp³-hybridized carbons (Fsp3) is 0.444. The van der Waals surface area contributed by atoms with Crippen molar-refractivity contribution in [1.82, 2.24) is 14.6 Å². The van der Waals surface area contributed by atoms with Crippen LogP contribution in [0.5, 0.6) is 0 Å². The molecule has 1 saturated carbocycles. The fourth-order valence-electron chi connectivity index (χ4n) is 3.21. The number of aliphatic hydroxyl groups excluding tert-OH is 1. The SMILES string of the molecule is Cc1ncoc1CN1C(=O)c2cc(S(=O)(=O)NC3(C)CC3)ccc2N(C)C1O. The number of fused-ring (bicyclic) bond motifs is 1. The molecule has 4 rings (SSSR count). The average Bonchev–Trinajstić information content (AvgIpc) is 3.22. The molecular weight excluding hydrogens is 384 g/mol. The third-order valence-electron chi connectivity index (χ3n) is 5.31. The molecule has 2 aromatic rings. The molecule has 150 valence electrons. The highest BCUT2D eigenvalue weighted by molar-refractivity contribution is 7.89. The van der Waals surface area contributed by atoms with Crippen LogP contribution in [-0.4, -0.2) is 48.3 Å². The Morgan fingerprint density at radius 1 is 1.39 bits per heavy atom. The summed E-state index contributed by atoms with van der Waals surface area (Å²) in [6.07, 6.45) is 1.64. The summed E-state index contributed by atoms with van der Waals surface area (Å²) in [4.78, 5) is 19.8. The van der Waals surface area contributed by atoms with Crippen LogP contribution in [0.25, 0.3) is 0 Å². The summed E-state index contributed by atoms with van der Waals surface area (Å²) in [5.74, 6) is -0.0255. The topological polar surface area (TPSA) is 116 Å². The maximum absolute atomic E-state index is 13.0. The predicted octanol–water partition coefficient (Wildman–Crippen LogP) is 1.18. The number of benzene rings is 1. The smallest absolute Gasteiger partial charge is 0.259 e. The Bertz CT molecular complexity index is 1040. The number of carbonyl (C=O) groups is 1. The number of aromatic nitrogens is 1. The van der Waals surface area contributed by atoms with E-state index in [1.807, 2.05) is 6.92 Å². The number of amides is 1. The van der Waals surface area contributed by atoms with E-state index in [2.05, 4.69) is 9.71 Å². The summed E-state index contributed by atoms with van der Waals surface area (Å²) >= 11 is 0. The molecule has 0 saturated heterocycles. The van der Waals surface area contributed by atoms with Gasteiger partial charge >= 0.3 is 0 Å². The number of nitrogens with zero attached hydrogens (tertiary/aromatic N) is 3. The molecule has 1 amide bonds. The van der Waals surface area contributed by atoms with Gasteiger partial charge in [-0.1, -0.05) is 0 Å². The first-order valence-electron chi connectivity index (χ1n) is 8.90. The lowest BCUT2D eigenvalue weighted by Gasteiger charge is -2.40. The zero-order chi connectivity index (χ0) is 20.3. The first-order chi connectivity index (χ1) is 13.1.